The van der Waals surface area contributed by atoms with Crippen LogP contribution in [0, 0.1) is 19.7 Å². The minimum absolute atomic E-state index is 0.277. The van der Waals surface area contributed by atoms with E-state index in [4.69, 9.17) is 9.72 Å². The second kappa shape index (κ2) is 8.98. The van der Waals surface area contributed by atoms with Crippen molar-refractivity contribution in [2.24, 2.45) is 0 Å². The quantitative estimate of drug-likeness (QED) is 0.370. The fourth-order valence-electron chi connectivity index (χ4n) is 3.99. The summed E-state index contributed by atoms with van der Waals surface area (Å²) in [5, 5.41) is 7.34. The minimum atomic E-state index is -0.278. The lowest BCUT2D eigenvalue weighted by molar-refractivity contribution is 0.102. The molecule has 1 N–H and O–H groups in total. The summed E-state index contributed by atoms with van der Waals surface area (Å²) in [5.41, 5.74) is 5.37. The number of nitrogens with one attached hydrogen (secondary N) is 1. The number of rotatable bonds is 5. The number of aromatic nitrogens is 4. The van der Waals surface area contributed by atoms with E-state index in [1.165, 1.54) is 6.07 Å². The molecule has 0 saturated carbocycles. The molecule has 0 aliphatic rings. The number of hydrogen-bond acceptors (Lipinski definition) is 5. The van der Waals surface area contributed by atoms with Crippen LogP contribution < -0.4 is 10.1 Å². The number of methoxy groups -OCH3 is 1. The number of nitrogens with zero attached hydrogens (tertiary/aromatic N) is 4. The van der Waals surface area contributed by atoms with Crippen LogP contribution in [0.15, 0.2) is 73.1 Å². The number of halogens is 1. The molecule has 0 radical (unpaired) electrons. The summed E-state index contributed by atoms with van der Waals surface area (Å²) in [6.45, 7) is 3.57. The lowest BCUT2D eigenvalue weighted by Crippen LogP contribution is -2.14. The Balaban J connectivity index is 1.56. The Morgan fingerprint density at radius 3 is 2.60 bits per heavy atom. The first kappa shape index (κ1) is 22.2. The highest BCUT2D eigenvalue weighted by Crippen LogP contribution is 2.33. The number of amides is 1. The summed E-state index contributed by atoms with van der Waals surface area (Å²) in [4.78, 5) is 22.0. The summed E-state index contributed by atoms with van der Waals surface area (Å²) in [5.74, 6) is 0.512. The molecule has 0 fully saturated rings. The van der Waals surface area contributed by atoms with Crippen molar-refractivity contribution in [2.45, 2.75) is 13.8 Å². The predicted octanol–water partition coefficient (Wildman–Crippen LogP) is 5.48. The van der Waals surface area contributed by atoms with E-state index in [-0.39, 0.29) is 11.7 Å². The number of pyridine rings is 1. The van der Waals surface area contributed by atoms with Gasteiger partial charge in [0.15, 0.2) is 5.65 Å². The highest BCUT2D eigenvalue weighted by Gasteiger charge is 2.19. The second-order valence-electron chi connectivity index (χ2n) is 8.13. The Morgan fingerprint density at radius 1 is 0.971 bits per heavy atom. The van der Waals surface area contributed by atoms with Crippen LogP contribution >= 0.6 is 0 Å². The number of imidazole rings is 1. The number of carbonyl (C=O) groups excluding carboxylic acids is 1. The van der Waals surface area contributed by atoms with Gasteiger partial charge in [-0.2, -0.15) is 5.10 Å². The molecule has 2 aromatic carbocycles. The van der Waals surface area contributed by atoms with Crippen LogP contribution in [0.25, 0.3) is 28.2 Å². The molecular weight excluding hydrogens is 445 g/mol. The standard InChI is InChI=1S/C27H22FN5O2/c1-16-14-20(35-3)7-8-21(16)27(34)31-23-15-19(10-12-29-23)26-25(18-6-9-22(28)17(2)13-18)32-24-5-4-11-30-33(24)26/h4-15H,1-3H3,(H,29,31,34). The average molecular weight is 468 g/mol. The van der Waals surface area contributed by atoms with Gasteiger partial charge >= 0.3 is 0 Å². The van der Waals surface area contributed by atoms with Crippen molar-refractivity contribution < 1.29 is 13.9 Å². The van der Waals surface area contributed by atoms with Crippen molar-refractivity contribution in [3.63, 3.8) is 0 Å². The Labute approximate surface area is 201 Å². The summed E-state index contributed by atoms with van der Waals surface area (Å²) in [6, 6.07) is 17.4. The number of anilines is 1. The van der Waals surface area contributed by atoms with Gasteiger partial charge in [0.1, 0.15) is 23.1 Å². The molecule has 5 rings (SSSR count). The molecule has 3 heterocycles. The number of fused-ring (bicyclic) bond motifs is 1. The monoisotopic (exact) mass is 467 g/mol. The van der Waals surface area contributed by atoms with Gasteiger partial charge in [0.05, 0.1) is 12.8 Å². The maximum atomic E-state index is 13.9. The summed E-state index contributed by atoms with van der Waals surface area (Å²) in [7, 11) is 1.58. The molecular formula is C27H22FN5O2. The topological polar surface area (TPSA) is 81.4 Å². The molecule has 0 aliphatic carbocycles. The van der Waals surface area contributed by atoms with Crippen molar-refractivity contribution in [1.29, 1.82) is 0 Å². The highest BCUT2D eigenvalue weighted by atomic mass is 19.1. The molecule has 7 nitrogen and oxygen atoms in total. The maximum Gasteiger partial charge on any atom is 0.257 e. The minimum Gasteiger partial charge on any atom is -0.497 e. The normalized spacial score (nSPS) is 11.0. The van der Waals surface area contributed by atoms with Gasteiger partial charge in [0.25, 0.3) is 5.91 Å². The summed E-state index contributed by atoms with van der Waals surface area (Å²) in [6.07, 6.45) is 3.29. The van der Waals surface area contributed by atoms with Gasteiger partial charge in [0, 0.05) is 29.1 Å². The SMILES string of the molecule is COc1ccc(C(=O)Nc2cc(-c3c(-c4ccc(F)c(C)c4)nc4cccnn34)ccn2)c(C)c1. The molecule has 3 aromatic heterocycles. The van der Waals surface area contributed by atoms with Crippen LogP contribution in [0.5, 0.6) is 5.75 Å². The van der Waals surface area contributed by atoms with Gasteiger partial charge in [-0.3, -0.25) is 4.79 Å². The van der Waals surface area contributed by atoms with Gasteiger partial charge < -0.3 is 10.1 Å². The van der Waals surface area contributed by atoms with Crippen molar-refractivity contribution >= 4 is 17.4 Å². The highest BCUT2D eigenvalue weighted by molar-refractivity contribution is 6.05. The van der Waals surface area contributed by atoms with E-state index in [1.807, 2.05) is 19.1 Å². The van der Waals surface area contributed by atoms with Gasteiger partial charge in [-0.15, -0.1) is 0 Å². The zero-order chi connectivity index (χ0) is 24.5. The molecule has 0 aliphatic heterocycles. The lowest BCUT2D eigenvalue weighted by Gasteiger charge is -2.10. The van der Waals surface area contributed by atoms with Crippen LogP contribution in [-0.2, 0) is 0 Å². The van der Waals surface area contributed by atoms with Gasteiger partial charge in [-0.25, -0.2) is 18.9 Å². The molecule has 0 saturated heterocycles. The number of aryl methyl sites for hydroxylation is 2. The number of ether oxygens (including phenoxy) is 1. The smallest absolute Gasteiger partial charge is 0.257 e. The first-order chi connectivity index (χ1) is 16.9. The van der Waals surface area contributed by atoms with E-state index in [1.54, 1.807) is 73.4 Å². The molecule has 35 heavy (non-hydrogen) atoms. The van der Waals surface area contributed by atoms with Crippen molar-refractivity contribution in [3.05, 3.63) is 95.6 Å². The molecule has 174 valence electrons. The largest absolute Gasteiger partial charge is 0.497 e. The number of hydrogen-bond donors (Lipinski definition) is 1. The Morgan fingerprint density at radius 2 is 1.83 bits per heavy atom. The molecule has 1 amide bonds. The van der Waals surface area contributed by atoms with Crippen LogP contribution in [0.1, 0.15) is 21.5 Å². The molecule has 0 atom stereocenters. The molecule has 0 bridgehead atoms. The van der Waals surface area contributed by atoms with E-state index in [9.17, 15) is 9.18 Å². The Bertz CT molecular complexity index is 1580. The average Bonchev–Trinajstić information content (AvgIpc) is 3.25. The predicted molar refractivity (Wildman–Crippen MR) is 132 cm³/mol. The van der Waals surface area contributed by atoms with E-state index in [2.05, 4.69) is 15.4 Å². The zero-order valence-corrected chi connectivity index (χ0v) is 19.4. The van der Waals surface area contributed by atoms with Crippen LogP contribution in [-0.4, -0.2) is 32.6 Å². The van der Waals surface area contributed by atoms with Crippen molar-refractivity contribution in [3.8, 4) is 28.3 Å². The van der Waals surface area contributed by atoms with E-state index in [0.29, 0.717) is 39.7 Å². The molecule has 8 heteroatoms. The van der Waals surface area contributed by atoms with Crippen LogP contribution in [0.4, 0.5) is 10.2 Å². The van der Waals surface area contributed by atoms with E-state index >= 15 is 0 Å². The number of carbonyl (C=O) groups is 1. The summed E-state index contributed by atoms with van der Waals surface area (Å²) < 4.78 is 20.9. The molecule has 0 unspecified atom stereocenters. The maximum absolute atomic E-state index is 13.9. The van der Waals surface area contributed by atoms with Gasteiger partial charge in [-0.1, -0.05) is 0 Å². The third-order valence-corrected chi connectivity index (χ3v) is 5.78. The lowest BCUT2D eigenvalue weighted by atomic mass is 10.0. The van der Waals surface area contributed by atoms with Crippen LogP contribution in [0.2, 0.25) is 0 Å². The Hall–Kier alpha value is -4.59. The molecule has 0 spiro atoms. The van der Waals surface area contributed by atoms with Crippen LogP contribution in [0.3, 0.4) is 0 Å². The third kappa shape index (κ3) is 4.21. The summed E-state index contributed by atoms with van der Waals surface area (Å²) >= 11 is 0. The fourth-order valence-corrected chi connectivity index (χ4v) is 3.99. The van der Waals surface area contributed by atoms with E-state index < -0.39 is 0 Å². The fraction of sp³-hybridized carbons (Fsp3) is 0.111. The van der Waals surface area contributed by atoms with Gasteiger partial charge in [0.2, 0.25) is 0 Å². The van der Waals surface area contributed by atoms with E-state index in [0.717, 1.165) is 16.7 Å². The zero-order valence-electron chi connectivity index (χ0n) is 19.4. The number of benzene rings is 2. The first-order valence-corrected chi connectivity index (χ1v) is 11.0. The van der Waals surface area contributed by atoms with Crippen molar-refractivity contribution in [2.75, 3.05) is 12.4 Å². The first-order valence-electron chi connectivity index (χ1n) is 11.0. The molecule has 5 aromatic rings. The Kier molecular flexibility index (Phi) is 5.70. The third-order valence-electron chi connectivity index (χ3n) is 5.78. The van der Waals surface area contributed by atoms with Crippen molar-refractivity contribution in [1.82, 2.24) is 19.6 Å². The van der Waals surface area contributed by atoms with Gasteiger partial charge in [-0.05, 0) is 85.6 Å². The second-order valence-corrected chi connectivity index (χ2v) is 8.13.